The lowest BCUT2D eigenvalue weighted by Crippen LogP contribution is -2.45. The SMILES string of the molecule is C=C(C)C(=O)N(/C(=N/C(=N)SC)C(=C)C)C(CC)CC. The molecule has 1 amide bonds. The van der Waals surface area contributed by atoms with Gasteiger partial charge in [-0.15, -0.1) is 0 Å². The van der Waals surface area contributed by atoms with E-state index < -0.39 is 0 Å². The standard InChI is InChI=1S/C15H25N3OS/c1-8-12(9-2)18(14(19)11(5)6)13(10(3)4)17-15(16)20-7/h12,16H,3,5,8-9H2,1-2,4,6-7H3/b16-15?,17-13+. The molecule has 0 saturated carbocycles. The van der Waals surface area contributed by atoms with Crippen molar-refractivity contribution in [1.82, 2.24) is 4.90 Å². The molecular weight excluding hydrogens is 270 g/mol. The van der Waals surface area contributed by atoms with Gasteiger partial charge in [-0.2, -0.15) is 0 Å². The largest absolute Gasteiger partial charge is 0.290 e. The van der Waals surface area contributed by atoms with Crippen molar-refractivity contribution in [2.45, 2.75) is 46.6 Å². The van der Waals surface area contributed by atoms with Crippen molar-refractivity contribution in [1.29, 1.82) is 5.41 Å². The van der Waals surface area contributed by atoms with E-state index in [9.17, 15) is 4.79 Å². The van der Waals surface area contributed by atoms with Gasteiger partial charge in [0.2, 0.25) is 0 Å². The topological polar surface area (TPSA) is 56.5 Å². The lowest BCUT2D eigenvalue weighted by Gasteiger charge is -2.32. The van der Waals surface area contributed by atoms with Crippen LogP contribution in [0.4, 0.5) is 0 Å². The number of nitrogens with one attached hydrogen (secondary N) is 1. The lowest BCUT2D eigenvalue weighted by molar-refractivity contribution is -0.125. The predicted molar refractivity (Wildman–Crippen MR) is 89.5 cm³/mol. The summed E-state index contributed by atoms with van der Waals surface area (Å²) in [4.78, 5) is 18.3. The molecule has 0 radical (unpaired) electrons. The first-order valence-electron chi connectivity index (χ1n) is 6.66. The van der Waals surface area contributed by atoms with Crippen molar-refractivity contribution in [3.63, 3.8) is 0 Å². The highest BCUT2D eigenvalue weighted by atomic mass is 32.2. The van der Waals surface area contributed by atoms with Crippen LogP contribution in [-0.4, -0.2) is 34.1 Å². The van der Waals surface area contributed by atoms with E-state index >= 15 is 0 Å². The number of aliphatic imine (C=N–C) groups is 1. The first kappa shape index (κ1) is 18.6. The van der Waals surface area contributed by atoms with Gasteiger partial charge in [0.25, 0.3) is 5.91 Å². The number of amides is 1. The smallest absolute Gasteiger partial charge is 0.254 e. The molecule has 0 rings (SSSR count). The van der Waals surface area contributed by atoms with Crippen molar-refractivity contribution in [3.05, 3.63) is 24.3 Å². The van der Waals surface area contributed by atoms with Crippen LogP contribution in [0.5, 0.6) is 0 Å². The Balaban J connectivity index is 5.84. The summed E-state index contributed by atoms with van der Waals surface area (Å²) in [5.41, 5.74) is 1.13. The van der Waals surface area contributed by atoms with E-state index in [4.69, 9.17) is 5.41 Å². The molecule has 20 heavy (non-hydrogen) atoms. The zero-order valence-corrected chi connectivity index (χ0v) is 13.9. The van der Waals surface area contributed by atoms with Crippen molar-refractivity contribution < 1.29 is 4.79 Å². The Morgan fingerprint density at radius 2 is 1.75 bits per heavy atom. The van der Waals surface area contributed by atoms with Crippen LogP contribution in [0.3, 0.4) is 0 Å². The summed E-state index contributed by atoms with van der Waals surface area (Å²) in [5.74, 6) is 0.306. The average molecular weight is 295 g/mol. The van der Waals surface area contributed by atoms with E-state index in [1.165, 1.54) is 11.8 Å². The first-order valence-corrected chi connectivity index (χ1v) is 7.88. The highest BCUT2D eigenvalue weighted by Crippen LogP contribution is 2.17. The normalized spacial score (nSPS) is 11.4. The summed E-state index contributed by atoms with van der Waals surface area (Å²) >= 11 is 1.23. The number of carbonyl (C=O) groups is 1. The average Bonchev–Trinajstić information content (AvgIpc) is 2.41. The number of rotatable bonds is 5. The van der Waals surface area contributed by atoms with Gasteiger partial charge >= 0.3 is 0 Å². The second-order valence-electron chi connectivity index (χ2n) is 4.65. The summed E-state index contributed by atoms with van der Waals surface area (Å²) in [5, 5.41) is 7.89. The monoisotopic (exact) mass is 295 g/mol. The van der Waals surface area contributed by atoms with Gasteiger partial charge in [0.1, 0.15) is 5.84 Å². The molecule has 0 unspecified atom stereocenters. The third-order valence-electron chi connectivity index (χ3n) is 2.90. The summed E-state index contributed by atoms with van der Waals surface area (Å²) in [6, 6.07) is 0.0318. The van der Waals surface area contributed by atoms with E-state index in [-0.39, 0.29) is 17.1 Å². The Labute approximate surface area is 126 Å². The van der Waals surface area contributed by atoms with Crippen LogP contribution in [0.25, 0.3) is 0 Å². The molecule has 0 atom stereocenters. The van der Waals surface area contributed by atoms with E-state index in [1.807, 2.05) is 13.8 Å². The Morgan fingerprint density at radius 3 is 2.05 bits per heavy atom. The third-order valence-corrected chi connectivity index (χ3v) is 3.38. The molecule has 0 aromatic carbocycles. The Hall–Kier alpha value is -1.36. The van der Waals surface area contributed by atoms with Crippen molar-refractivity contribution >= 4 is 28.7 Å². The van der Waals surface area contributed by atoms with E-state index in [0.717, 1.165) is 12.8 Å². The lowest BCUT2D eigenvalue weighted by atomic mass is 10.1. The van der Waals surface area contributed by atoms with Crippen LogP contribution in [0.2, 0.25) is 0 Å². The van der Waals surface area contributed by atoms with Crippen LogP contribution in [0.15, 0.2) is 29.3 Å². The fourth-order valence-electron chi connectivity index (χ4n) is 1.79. The molecule has 0 aromatic rings. The number of carbonyl (C=O) groups excluding carboxylic acids is 1. The van der Waals surface area contributed by atoms with Gasteiger partial charge in [-0.1, -0.05) is 38.8 Å². The molecule has 0 aliphatic rings. The molecule has 0 aromatic heterocycles. The maximum atomic E-state index is 12.4. The maximum absolute atomic E-state index is 12.4. The molecule has 0 bridgehead atoms. The van der Waals surface area contributed by atoms with Crippen LogP contribution >= 0.6 is 11.8 Å². The van der Waals surface area contributed by atoms with Gasteiger partial charge in [0, 0.05) is 11.6 Å². The summed E-state index contributed by atoms with van der Waals surface area (Å²) < 4.78 is 0. The van der Waals surface area contributed by atoms with Gasteiger partial charge in [0.05, 0.1) is 0 Å². The Morgan fingerprint density at radius 1 is 1.25 bits per heavy atom. The van der Waals surface area contributed by atoms with Crippen LogP contribution in [-0.2, 0) is 4.79 Å². The predicted octanol–water partition coefficient (Wildman–Crippen LogP) is 3.85. The van der Waals surface area contributed by atoms with E-state index in [2.05, 4.69) is 18.2 Å². The second kappa shape index (κ2) is 8.74. The molecular formula is C15H25N3OS. The first-order chi connectivity index (χ1) is 9.29. The van der Waals surface area contributed by atoms with Gasteiger partial charge in [-0.3, -0.25) is 15.1 Å². The number of hydrogen-bond acceptors (Lipinski definition) is 3. The number of nitrogens with zero attached hydrogens (tertiary/aromatic N) is 2. The quantitative estimate of drug-likeness (QED) is 0.476. The van der Waals surface area contributed by atoms with Crippen LogP contribution in [0, 0.1) is 5.41 Å². The van der Waals surface area contributed by atoms with Crippen molar-refractivity contribution in [2.75, 3.05) is 6.26 Å². The fraction of sp³-hybridized carbons (Fsp3) is 0.533. The molecule has 0 spiro atoms. The van der Waals surface area contributed by atoms with Gasteiger partial charge < -0.3 is 0 Å². The minimum atomic E-state index is -0.158. The van der Waals surface area contributed by atoms with E-state index in [0.29, 0.717) is 17.0 Å². The number of thioether (sulfide) groups is 1. The highest BCUT2D eigenvalue weighted by Gasteiger charge is 2.27. The number of amidine groups is 2. The third kappa shape index (κ3) is 4.96. The Bertz CT molecular complexity index is 436. The second-order valence-corrected chi connectivity index (χ2v) is 5.45. The molecule has 0 saturated heterocycles. The van der Waals surface area contributed by atoms with Crippen LogP contribution < -0.4 is 0 Å². The molecule has 0 aliphatic heterocycles. The summed E-state index contributed by atoms with van der Waals surface area (Å²) in [7, 11) is 0. The maximum Gasteiger partial charge on any atom is 0.254 e. The molecule has 0 fully saturated rings. The summed E-state index contributed by atoms with van der Waals surface area (Å²) in [6.07, 6.45) is 3.41. The Kier molecular flexibility index (Phi) is 8.15. The molecule has 112 valence electrons. The molecule has 0 aliphatic carbocycles. The minimum absolute atomic E-state index is 0.0318. The molecule has 0 heterocycles. The van der Waals surface area contributed by atoms with Crippen molar-refractivity contribution in [3.8, 4) is 0 Å². The zero-order chi connectivity index (χ0) is 15.9. The van der Waals surface area contributed by atoms with Gasteiger partial charge in [-0.25, -0.2) is 4.99 Å². The van der Waals surface area contributed by atoms with E-state index in [1.54, 1.807) is 25.0 Å². The molecule has 1 N–H and O–H groups in total. The highest BCUT2D eigenvalue weighted by molar-refractivity contribution is 8.13. The fourth-order valence-corrected chi connectivity index (χ4v) is 1.97. The van der Waals surface area contributed by atoms with Crippen molar-refractivity contribution in [2.24, 2.45) is 4.99 Å². The molecule has 5 heteroatoms. The molecule has 4 nitrogen and oxygen atoms in total. The van der Waals surface area contributed by atoms with Gasteiger partial charge in [0.15, 0.2) is 5.17 Å². The minimum Gasteiger partial charge on any atom is -0.290 e. The van der Waals surface area contributed by atoms with Gasteiger partial charge in [-0.05, 0) is 38.5 Å². The number of hydrogen-bond donors (Lipinski definition) is 1. The van der Waals surface area contributed by atoms with Crippen LogP contribution in [0.1, 0.15) is 40.5 Å². The zero-order valence-electron chi connectivity index (χ0n) is 13.1. The summed E-state index contributed by atoms with van der Waals surface area (Å²) in [6.45, 7) is 15.2.